The van der Waals surface area contributed by atoms with E-state index in [2.05, 4.69) is 4.90 Å². The summed E-state index contributed by atoms with van der Waals surface area (Å²) in [6, 6.07) is 13.2. The number of amides is 1. The van der Waals surface area contributed by atoms with Gasteiger partial charge in [-0.3, -0.25) is 9.10 Å². The highest BCUT2D eigenvalue weighted by Crippen LogP contribution is 2.24. The molecule has 0 radical (unpaired) electrons. The van der Waals surface area contributed by atoms with Crippen molar-refractivity contribution < 1.29 is 13.2 Å². The molecule has 0 unspecified atom stereocenters. The van der Waals surface area contributed by atoms with Crippen molar-refractivity contribution in [1.29, 1.82) is 0 Å². The van der Waals surface area contributed by atoms with Crippen LogP contribution in [0.1, 0.15) is 11.1 Å². The fourth-order valence-corrected chi connectivity index (χ4v) is 4.67. The van der Waals surface area contributed by atoms with E-state index in [-0.39, 0.29) is 12.5 Å². The van der Waals surface area contributed by atoms with Gasteiger partial charge in [-0.15, -0.1) is 0 Å². The van der Waals surface area contributed by atoms with Gasteiger partial charge in [0.05, 0.1) is 11.9 Å². The molecule has 1 amide bonds. The summed E-state index contributed by atoms with van der Waals surface area (Å²) in [6.45, 7) is 6.04. The van der Waals surface area contributed by atoms with Crippen LogP contribution in [0.25, 0.3) is 0 Å². The Bertz CT molecular complexity index is 1000. The zero-order valence-electron chi connectivity index (χ0n) is 16.9. The van der Waals surface area contributed by atoms with Crippen molar-refractivity contribution in [3.05, 3.63) is 58.6 Å². The summed E-state index contributed by atoms with van der Waals surface area (Å²) in [5, 5.41) is 0.679. The van der Waals surface area contributed by atoms with E-state index < -0.39 is 10.0 Å². The van der Waals surface area contributed by atoms with Gasteiger partial charge in [0.1, 0.15) is 6.54 Å². The highest BCUT2D eigenvalue weighted by Gasteiger charge is 2.27. The summed E-state index contributed by atoms with van der Waals surface area (Å²) in [7, 11) is -3.58. The number of rotatable bonds is 5. The molecule has 0 saturated carbocycles. The number of anilines is 2. The van der Waals surface area contributed by atoms with Gasteiger partial charge in [-0.2, -0.15) is 0 Å². The van der Waals surface area contributed by atoms with E-state index in [1.165, 1.54) is 4.31 Å². The van der Waals surface area contributed by atoms with E-state index in [1.54, 1.807) is 11.0 Å². The summed E-state index contributed by atoms with van der Waals surface area (Å²) in [4.78, 5) is 16.8. The van der Waals surface area contributed by atoms with E-state index >= 15 is 0 Å². The fourth-order valence-electron chi connectivity index (χ4n) is 3.58. The monoisotopic (exact) mass is 435 g/mol. The van der Waals surface area contributed by atoms with Gasteiger partial charge in [-0.05, 0) is 43.7 Å². The van der Waals surface area contributed by atoms with E-state index in [1.807, 2.05) is 50.2 Å². The number of piperazine rings is 1. The molecular weight excluding hydrogens is 410 g/mol. The van der Waals surface area contributed by atoms with Crippen LogP contribution in [0.3, 0.4) is 0 Å². The molecule has 0 aromatic heterocycles. The van der Waals surface area contributed by atoms with Gasteiger partial charge in [0.2, 0.25) is 15.9 Å². The first-order valence-corrected chi connectivity index (χ1v) is 11.7. The third-order valence-electron chi connectivity index (χ3n) is 5.11. The zero-order valence-corrected chi connectivity index (χ0v) is 18.5. The number of carbonyl (C=O) groups excluding carboxylic acids is 1. The molecule has 1 saturated heterocycles. The van der Waals surface area contributed by atoms with Gasteiger partial charge in [0.25, 0.3) is 0 Å². The van der Waals surface area contributed by atoms with Crippen LogP contribution in [0.15, 0.2) is 42.5 Å². The second-order valence-electron chi connectivity index (χ2n) is 7.41. The number of aryl methyl sites for hydroxylation is 2. The maximum atomic E-state index is 12.9. The van der Waals surface area contributed by atoms with Crippen molar-refractivity contribution >= 4 is 38.9 Å². The maximum Gasteiger partial charge on any atom is 0.243 e. The SMILES string of the molecule is Cc1ccc(N(CC(=O)N2CCN(c3cccc(Cl)c3)CC2)S(C)(=O)=O)c(C)c1. The van der Waals surface area contributed by atoms with E-state index in [4.69, 9.17) is 11.6 Å². The van der Waals surface area contributed by atoms with Crippen molar-refractivity contribution in [3.8, 4) is 0 Å². The molecule has 156 valence electrons. The van der Waals surface area contributed by atoms with E-state index in [0.717, 1.165) is 23.1 Å². The molecule has 1 aliphatic rings. The Hall–Kier alpha value is -2.25. The second kappa shape index (κ2) is 8.63. The highest BCUT2D eigenvalue weighted by molar-refractivity contribution is 7.92. The molecule has 0 aliphatic carbocycles. The number of halogens is 1. The third-order valence-corrected chi connectivity index (χ3v) is 6.47. The lowest BCUT2D eigenvalue weighted by Crippen LogP contribution is -2.52. The predicted octanol–water partition coefficient (Wildman–Crippen LogP) is 3.07. The maximum absolute atomic E-state index is 12.9. The molecule has 2 aromatic carbocycles. The topological polar surface area (TPSA) is 60.9 Å². The van der Waals surface area contributed by atoms with Crippen LogP contribution in [0.5, 0.6) is 0 Å². The van der Waals surface area contributed by atoms with Crippen molar-refractivity contribution in [3.63, 3.8) is 0 Å². The van der Waals surface area contributed by atoms with Gasteiger partial charge in [0, 0.05) is 36.9 Å². The molecule has 2 aromatic rings. The lowest BCUT2D eigenvalue weighted by molar-refractivity contribution is -0.129. The summed E-state index contributed by atoms with van der Waals surface area (Å²) in [5.41, 5.74) is 3.44. The van der Waals surface area contributed by atoms with Crippen molar-refractivity contribution in [2.75, 3.05) is 48.2 Å². The molecule has 3 rings (SSSR count). The number of hydrogen-bond acceptors (Lipinski definition) is 4. The number of sulfonamides is 1. The average Bonchev–Trinajstić information content (AvgIpc) is 2.66. The van der Waals surface area contributed by atoms with Gasteiger partial charge in [-0.1, -0.05) is 35.4 Å². The van der Waals surface area contributed by atoms with Crippen LogP contribution in [0, 0.1) is 13.8 Å². The van der Waals surface area contributed by atoms with Gasteiger partial charge < -0.3 is 9.80 Å². The first kappa shape index (κ1) is 21.5. The third kappa shape index (κ3) is 5.22. The first-order chi connectivity index (χ1) is 13.6. The largest absolute Gasteiger partial charge is 0.368 e. The number of carbonyl (C=O) groups is 1. The molecule has 0 bridgehead atoms. The molecule has 8 heteroatoms. The minimum atomic E-state index is -3.58. The molecule has 1 fully saturated rings. The van der Waals surface area contributed by atoms with Crippen molar-refractivity contribution in [2.24, 2.45) is 0 Å². The molecule has 0 N–H and O–H groups in total. The zero-order chi connectivity index (χ0) is 21.2. The summed E-state index contributed by atoms with van der Waals surface area (Å²) in [6.07, 6.45) is 1.14. The van der Waals surface area contributed by atoms with Gasteiger partial charge in [-0.25, -0.2) is 8.42 Å². The van der Waals surface area contributed by atoms with Crippen LogP contribution in [-0.4, -0.2) is 58.2 Å². The summed E-state index contributed by atoms with van der Waals surface area (Å²) >= 11 is 6.07. The normalized spacial score (nSPS) is 14.8. The average molecular weight is 436 g/mol. The quantitative estimate of drug-likeness (QED) is 0.724. The Morgan fingerprint density at radius 2 is 1.76 bits per heavy atom. The van der Waals surface area contributed by atoms with E-state index in [0.29, 0.717) is 36.9 Å². The summed E-state index contributed by atoms with van der Waals surface area (Å²) < 4.78 is 26.0. The Balaban J connectivity index is 1.69. The first-order valence-electron chi connectivity index (χ1n) is 9.48. The minimum Gasteiger partial charge on any atom is -0.368 e. The standard InChI is InChI=1S/C21H26ClN3O3S/c1-16-7-8-20(17(2)13-16)25(29(3,27)28)15-21(26)24-11-9-23(10-12-24)19-6-4-5-18(22)14-19/h4-8,13-14H,9-12,15H2,1-3H3. The Morgan fingerprint density at radius 3 is 2.34 bits per heavy atom. The van der Waals surface area contributed by atoms with Crippen LogP contribution >= 0.6 is 11.6 Å². The second-order valence-corrected chi connectivity index (χ2v) is 9.75. The smallest absolute Gasteiger partial charge is 0.243 e. The van der Waals surface area contributed by atoms with Crippen LogP contribution < -0.4 is 9.21 Å². The predicted molar refractivity (Wildman–Crippen MR) is 118 cm³/mol. The van der Waals surface area contributed by atoms with Crippen molar-refractivity contribution in [1.82, 2.24) is 4.90 Å². The van der Waals surface area contributed by atoms with Gasteiger partial charge in [0.15, 0.2) is 0 Å². The van der Waals surface area contributed by atoms with Gasteiger partial charge >= 0.3 is 0 Å². The van der Waals surface area contributed by atoms with Crippen molar-refractivity contribution in [2.45, 2.75) is 13.8 Å². The molecule has 0 spiro atoms. The molecule has 6 nitrogen and oxygen atoms in total. The number of hydrogen-bond donors (Lipinski definition) is 0. The lowest BCUT2D eigenvalue weighted by atomic mass is 10.1. The minimum absolute atomic E-state index is 0.193. The molecular formula is C21H26ClN3O3S. The fraction of sp³-hybridized carbons (Fsp3) is 0.381. The Kier molecular flexibility index (Phi) is 6.39. The van der Waals surface area contributed by atoms with Crippen LogP contribution in [-0.2, 0) is 14.8 Å². The number of nitrogens with zero attached hydrogens (tertiary/aromatic N) is 3. The highest BCUT2D eigenvalue weighted by atomic mass is 35.5. The molecule has 29 heavy (non-hydrogen) atoms. The molecule has 1 aliphatic heterocycles. The Labute approximate surface area is 177 Å². The van der Waals surface area contributed by atoms with E-state index in [9.17, 15) is 13.2 Å². The van der Waals surface area contributed by atoms with Crippen LogP contribution in [0.4, 0.5) is 11.4 Å². The van der Waals surface area contributed by atoms with Crippen LogP contribution in [0.2, 0.25) is 5.02 Å². The Morgan fingerprint density at radius 1 is 1.07 bits per heavy atom. The lowest BCUT2D eigenvalue weighted by Gasteiger charge is -2.37. The molecule has 0 atom stereocenters. The number of benzene rings is 2. The summed E-state index contributed by atoms with van der Waals surface area (Å²) in [5.74, 6) is -0.193. The molecule has 1 heterocycles.